The van der Waals surface area contributed by atoms with Gasteiger partial charge in [0.05, 0.1) is 6.42 Å². The van der Waals surface area contributed by atoms with Gasteiger partial charge in [-0.25, -0.2) is 9.37 Å². The molecule has 2 fully saturated rings. The third kappa shape index (κ3) is 4.88. The lowest BCUT2D eigenvalue weighted by Crippen LogP contribution is -2.50. The summed E-state index contributed by atoms with van der Waals surface area (Å²) in [6.07, 6.45) is 4.39. The fraction of sp³-hybridized carbons (Fsp3) is 0.462. The number of aromatic nitrogens is 2. The van der Waals surface area contributed by atoms with Gasteiger partial charge in [-0.1, -0.05) is 6.07 Å². The van der Waals surface area contributed by atoms with Gasteiger partial charge in [0, 0.05) is 68.6 Å². The van der Waals surface area contributed by atoms with E-state index in [1.807, 2.05) is 30.2 Å². The van der Waals surface area contributed by atoms with Gasteiger partial charge in [0.1, 0.15) is 11.6 Å². The molecule has 0 spiro atoms. The van der Waals surface area contributed by atoms with E-state index in [9.17, 15) is 9.18 Å². The zero-order valence-electron chi connectivity index (χ0n) is 19.3. The van der Waals surface area contributed by atoms with Gasteiger partial charge in [-0.3, -0.25) is 9.69 Å². The normalized spacial score (nSPS) is 19.9. The summed E-state index contributed by atoms with van der Waals surface area (Å²) in [6, 6.07) is 10.8. The van der Waals surface area contributed by atoms with Crippen molar-refractivity contribution in [2.75, 3.05) is 50.7 Å². The Morgan fingerprint density at radius 3 is 2.79 bits per heavy atom. The molecule has 2 saturated heterocycles. The maximum Gasteiger partial charge on any atom is 0.227 e. The highest BCUT2D eigenvalue weighted by molar-refractivity contribution is 5.90. The third-order valence-corrected chi connectivity index (χ3v) is 7.14. The number of hydrogen-bond acceptors (Lipinski definition) is 4. The van der Waals surface area contributed by atoms with Crippen molar-refractivity contribution in [3.05, 3.63) is 59.7 Å². The van der Waals surface area contributed by atoms with Crippen LogP contribution in [0.2, 0.25) is 0 Å². The van der Waals surface area contributed by atoms with Gasteiger partial charge in [0.15, 0.2) is 0 Å². The van der Waals surface area contributed by atoms with Crippen LogP contribution in [0.25, 0.3) is 10.9 Å². The number of benzene rings is 1. The minimum atomic E-state index is -0.267. The molecule has 5 rings (SSSR count). The van der Waals surface area contributed by atoms with Crippen LogP contribution < -0.4 is 4.90 Å². The fourth-order valence-corrected chi connectivity index (χ4v) is 5.35. The first-order chi connectivity index (χ1) is 16.1. The Balaban J connectivity index is 1.16. The summed E-state index contributed by atoms with van der Waals surface area (Å²) in [6.45, 7) is 8.67. The Kier molecular flexibility index (Phi) is 6.31. The molecule has 1 atom stereocenters. The average Bonchev–Trinajstić information content (AvgIpc) is 3.14. The first kappa shape index (κ1) is 21.9. The predicted molar refractivity (Wildman–Crippen MR) is 129 cm³/mol. The second-order valence-electron chi connectivity index (χ2n) is 9.42. The van der Waals surface area contributed by atoms with Crippen LogP contribution in [-0.4, -0.2) is 71.5 Å². The molecular formula is C26H32FN5O. The van der Waals surface area contributed by atoms with E-state index in [0.29, 0.717) is 12.3 Å². The van der Waals surface area contributed by atoms with Gasteiger partial charge in [-0.05, 0) is 61.6 Å². The summed E-state index contributed by atoms with van der Waals surface area (Å²) >= 11 is 0. The minimum absolute atomic E-state index is 0.146. The molecular weight excluding hydrogens is 417 g/mol. The molecule has 0 aliphatic carbocycles. The van der Waals surface area contributed by atoms with E-state index >= 15 is 0 Å². The van der Waals surface area contributed by atoms with Gasteiger partial charge in [0.2, 0.25) is 5.91 Å². The summed E-state index contributed by atoms with van der Waals surface area (Å²) < 4.78 is 13.8. The molecule has 1 unspecified atom stereocenters. The number of piperidine rings is 1. The number of rotatable bonds is 5. The summed E-state index contributed by atoms with van der Waals surface area (Å²) in [5, 5.41) is 0.820. The zero-order chi connectivity index (χ0) is 22.8. The fourth-order valence-electron chi connectivity index (χ4n) is 5.35. The molecule has 2 aromatic heterocycles. The van der Waals surface area contributed by atoms with E-state index in [1.165, 1.54) is 18.6 Å². The monoisotopic (exact) mass is 449 g/mol. The lowest BCUT2D eigenvalue weighted by molar-refractivity contribution is -0.132. The number of piperazine rings is 1. The number of aromatic amines is 1. The van der Waals surface area contributed by atoms with Crippen LogP contribution >= 0.6 is 0 Å². The molecule has 1 amide bonds. The molecule has 1 N–H and O–H groups in total. The van der Waals surface area contributed by atoms with E-state index in [-0.39, 0.29) is 11.7 Å². The second kappa shape index (κ2) is 9.51. The number of anilines is 1. The van der Waals surface area contributed by atoms with E-state index in [4.69, 9.17) is 0 Å². The maximum atomic E-state index is 13.8. The Morgan fingerprint density at radius 2 is 2.00 bits per heavy atom. The number of fused-ring (bicyclic) bond motifs is 1. The topological polar surface area (TPSA) is 55.5 Å². The van der Waals surface area contributed by atoms with E-state index < -0.39 is 0 Å². The van der Waals surface area contributed by atoms with Gasteiger partial charge >= 0.3 is 0 Å². The van der Waals surface area contributed by atoms with Crippen LogP contribution in [0, 0.1) is 18.7 Å². The van der Waals surface area contributed by atoms with Crippen molar-refractivity contribution in [3.8, 4) is 0 Å². The number of aryl methyl sites for hydroxylation is 1. The zero-order valence-corrected chi connectivity index (χ0v) is 19.3. The summed E-state index contributed by atoms with van der Waals surface area (Å²) in [5.74, 6) is 1.44. The smallest absolute Gasteiger partial charge is 0.227 e. The molecule has 174 valence electrons. The molecule has 0 bridgehead atoms. The Labute approximate surface area is 194 Å². The highest BCUT2D eigenvalue weighted by Crippen LogP contribution is 2.26. The number of halogens is 1. The molecule has 7 heteroatoms. The minimum Gasteiger partial charge on any atom is -0.358 e. The summed E-state index contributed by atoms with van der Waals surface area (Å²) in [4.78, 5) is 27.8. The van der Waals surface area contributed by atoms with E-state index in [1.54, 1.807) is 6.07 Å². The van der Waals surface area contributed by atoms with Crippen LogP contribution in [0.3, 0.4) is 0 Å². The molecule has 0 saturated carbocycles. The molecule has 2 aliphatic rings. The predicted octanol–water partition coefficient (Wildman–Crippen LogP) is 3.61. The van der Waals surface area contributed by atoms with Gasteiger partial charge < -0.3 is 14.8 Å². The molecule has 3 aromatic rings. The van der Waals surface area contributed by atoms with Gasteiger partial charge in [-0.2, -0.15) is 0 Å². The van der Waals surface area contributed by atoms with Crippen molar-refractivity contribution in [1.29, 1.82) is 0 Å². The number of carbonyl (C=O) groups is 1. The lowest BCUT2D eigenvalue weighted by atomic mass is 9.96. The number of likely N-dealkylation sites (tertiary alicyclic amines) is 1. The average molecular weight is 450 g/mol. The number of nitrogens with one attached hydrogen (secondary N) is 1. The molecule has 33 heavy (non-hydrogen) atoms. The molecule has 0 radical (unpaired) electrons. The van der Waals surface area contributed by atoms with Gasteiger partial charge in [0.25, 0.3) is 0 Å². The number of pyridine rings is 1. The molecule has 1 aromatic carbocycles. The highest BCUT2D eigenvalue weighted by Gasteiger charge is 2.27. The standard InChI is InChI=1S/C26H32FN5O/c1-19-22(23-15-21(27)7-8-24(23)29-19)16-26(33)32-10-4-5-20(18-32)17-30-11-13-31(14-12-30)25-6-2-3-9-28-25/h2-3,6-9,15,20,29H,4-5,10-14,16-18H2,1H3. The molecule has 6 nitrogen and oxygen atoms in total. The van der Waals surface area contributed by atoms with Crippen molar-refractivity contribution < 1.29 is 9.18 Å². The van der Waals surface area contributed by atoms with Crippen molar-refractivity contribution in [1.82, 2.24) is 19.8 Å². The largest absolute Gasteiger partial charge is 0.358 e. The number of nitrogens with zero attached hydrogens (tertiary/aromatic N) is 4. The lowest BCUT2D eigenvalue weighted by Gasteiger charge is -2.39. The summed E-state index contributed by atoms with van der Waals surface area (Å²) in [7, 11) is 0. The number of H-pyrrole nitrogens is 1. The van der Waals surface area contributed by atoms with Crippen molar-refractivity contribution in [3.63, 3.8) is 0 Å². The van der Waals surface area contributed by atoms with E-state index in [2.05, 4.69) is 25.8 Å². The van der Waals surface area contributed by atoms with Crippen molar-refractivity contribution in [2.45, 2.75) is 26.2 Å². The van der Waals surface area contributed by atoms with Crippen molar-refractivity contribution in [2.24, 2.45) is 5.92 Å². The van der Waals surface area contributed by atoms with Gasteiger partial charge in [-0.15, -0.1) is 0 Å². The Hall–Kier alpha value is -2.93. The van der Waals surface area contributed by atoms with Crippen LogP contribution in [0.1, 0.15) is 24.1 Å². The summed E-state index contributed by atoms with van der Waals surface area (Å²) in [5.41, 5.74) is 2.75. The quantitative estimate of drug-likeness (QED) is 0.647. The van der Waals surface area contributed by atoms with E-state index in [0.717, 1.165) is 80.2 Å². The van der Waals surface area contributed by atoms with Crippen LogP contribution in [0.4, 0.5) is 10.2 Å². The number of amides is 1. The molecule has 4 heterocycles. The Bertz CT molecular complexity index is 1110. The first-order valence-corrected chi connectivity index (χ1v) is 12.0. The second-order valence-corrected chi connectivity index (χ2v) is 9.42. The van der Waals surface area contributed by atoms with Crippen LogP contribution in [-0.2, 0) is 11.2 Å². The Morgan fingerprint density at radius 1 is 1.15 bits per heavy atom. The first-order valence-electron chi connectivity index (χ1n) is 12.0. The van der Waals surface area contributed by atoms with Crippen LogP contribution in [0.5, 0.6) is 0 Å². The SMILES string of the molecule is Cc1[nH]c2ccc(F)cc2c1CC(=O)N1CCCC(CN2CCN(c3ccccn3)CC2)C1. The van der Waals surface area contributed by atoms with Crippen LogP contribution in [0.15, 0.2) is 42.6 Å². The van der Waals surface area contributed by atoms with Crippen molar-refractivity contribution >= 4 is 22.6 Å². The maximum absolute atomic E-state index is 13.8. The third-order valence-electron chi connectivity index (χ3n) is 7.14. The molecule has 2 aliphatic heterocycles. The number of hydrogen-bond donors (Lipinski definition) is 1. The highest BCUT2D eigenvalue weighted by atomic mass is 19.1. The number of carbonyl (C=O) groups excluding carboxylic acids is 1.